The molecule has 1 saturated heterocycles. The van der Waals surface area contributed by atoms with E-state index in [1.54, 1.807) is 18.2 Å². The highest BCUT2D eigenvalue weighted by atomic mass is 35.5. The lowest BCUT2D eigenvalue weighted by Gasteiger charge is -2.41. The molecule has 3 heterocycles. The second-order valence-electron chi connectivity index (χ2n) is 9.61. The standard InChI is InChI=1S/C21H23ClN2O4S.C8H5NO2/c1-15(25)16-2-5-20(6-3-16)29(26,27)23-10-8-19(9-11-23)24-14-28-13-17-12-18(22)4-7-21(17)24;10-8-9-7-4-2-1-3-6(7)5-11-8/h2-7,12,19H,8-11,13-14H2,1H3;1-5H. The molecule has 0 spiro atoms. The minimum absolute atomic E-state index is 0.0833. The molecule has 9 nitrogen and oxygen atoms in total. The number of fused-ring (bicyclic) bond motifs is 2. The zero-order valence-corrected chi connectivity index (χ0v) is 23.4. The van der Waals surface area contributed by atoms with Gasteiger partial charge in [-0.25, -0.2) is 13.2 Å². The summed E-state index contributed by atoms with van der Waals surface area (Å²) < 4.78 is 37.8. The number of carbonyl (C=O) groups is 1. The molecule has 2 aliphatic heterocycles. The molecule has 0 amide bonds. The summed E-state index contributed by atoms with van der Waals surface area (Å²) in [4.78, 5) is 28.1. The largest absolute Gasteiger partial charge is 0.439 e. The number of carbonyl (C=O) groups excluding carboxylic acids is 1. The Balaban J connectivity index is 0.000000244. The van der Waals surface area contributed by atoms with Gasteiger partial charge in [-0.3, -0.25) is 4.79 Å². The van der Waals surface area contributed by atoms with Crippen molar-refractivity contribution in [2.45, 2.75) is 37.3 Å². The quantitative estimate of drug-likeness (QED) is 0.314. The van der Waals surface area contributed by atoms with Crippen molar-refractivity contribution in [3.63, 3.8) is 0 Å². The smallest absolute Gasteiger partial charge is 0.416 e. The highest BCUT2D eigenvalue weighted by Gasteiger charge is 2.33. The summed E-state index contributed by atoms with van der Waals surface area (Å²) in [5, 5.41) is 1.53. The fraction of sp³-hybridized carbons (Fsp3) is 0.276. The Morgan fingerprint density at radius 3 is 2.48 bits per heavy atom. The van der Waals surface area contributed by atoms with Crippen molar-refractivity contribution < 1.29 is 22.4 Å². The fourth-order valence-corrected chi connectivity index (χ4v) is 6.57. The number of sulfonamides is 1. The van der Waals surface area contributed by atoms with Gasteiger partial charge in [0.2, 0.25) is 10.0 Å². The van der Waals surface area contributed by atoms with Gasteiger partial charge in [0.15, 0.2) is 5.78 Å². The Bertz CT molecular complexity index is 1680. The first-order valence-corrected chi connectivity index (χ1v) is 14.6. The second-order valence-corrected chi connectivity index (χ2v) is 12.0. The number of hydrogen-bond acceptors (Lipinski definition) is 8. The van der Waals surface area contributed by atoms with Crippen molar-refractivity contribution in [3.8, 4) is 0 Å². The van der Waals surface area contributed by atoms with Crippen LogP contribution in [0.4, 0.5) is 5.69 Å². The third kappa shape index (κ3) is 6.10. The van der Waals surface area contributed by atoms with Gasteiger partial charge in [-0.1, -0.05) is 35.9 Å². The molecule has 0 N–H and O–H groups in total. The molecule has 0 atom stereocenters. The molecule has 6 rings (SSSR count). The van der Waals surface area contributed by atoms with Gasteiger partial charge in [0.05, 0.1) is 17.0 Å². The number of anilines is 1. The molecule has 3 aromatic carbocycles. The van der Waals surface area contributed by atoms with E-state index in [0.29, 0.717) is 42.5 Å². The number of para-hydroxylation sites is 1. The molecule has 208 valence electrons. The molecule has 2 aliphatic rings. The van der Waals surface area contributed by atoms with Crippen LogP contribution in [0, 0.1) is 0 Å². The van der Waals surface area contributed by atoms with Crippen LogP contribution >= 0.6 is 11.6 Å². The summed E-state index contributed by atoms with van der Waals surface area (Å²) >= 11 is 6.10. The predicted molar refractivity (Wildman–Crippen MR) is 152 cm³/mol. The monoisotopic (exact) mass is 581 g/mol. The Kier molecular flexibility index (Phi) is 8.32. The lowest BCUT2D eigenvalue weighted by molar-refractivity contribution is 0.0987. The molecule has 0 saturated carbocycles. The molecular weight excluding hydrogens is 554 g/mol. The summed E-state index contributed by atoms with van der Waals surface area (Å²) in [6.45, 7) is 3.39. The SMILES string of the molecule is CC(=O)c1ccc(S(=O)(=O)N2CCC(N3COCc4cc(Cl)ccc43)CC2)cc1.O=c1nc2ccccc2co1. The normalized spacial score (nSPS) is 16.2. The molecule has 0 unspecified atom stereocenters. The van der Waals surface area contributed by atoms with E-state index < -0.39 is 15.8 Å². The van der Waals surface area contributed by atoms with Crippen molar-refractivity contribution >= 4 is 44.0 Å². The van der Waals surface area contributed by atoms with E-state index in [9.17, 15) is 18.0 Å². The van der Waals surface area contributed by atoms with Crippen LogP contribution in [0.25, 0.3) is 10.9 Å². The van der Waals surface area contributed by atoms with Gasteiger partial charge in [-0.15, -0.1) is 0 Å². The van der Waals surface area contributed by atoms with Crippen molar-refractivity contribution in [2.75, 3.05) is 24.7 Å². The molecule has 0 aliphatic carbocycles. The fourth-order valence-electron chi connectivity index (χ4n) is 4.91. The van der Waals surface area contributed by atoms with E-state index in [4.69, 9.17) is 16.3 Å². The number of nitrogens with zero attached hydrogens (tertiary/aromatic N) is 3. The molecule has 1 fully saturated rings. The maximum atomic E-state index is 13.0. The van der Waals surface area contributed by atoms with Crippen LogP contribution in [-0.2, 0) is 21.4 Å². The summed E-state index contributed by atoms with van der Waals surface area (Å²) in [6.07, 6.45) is 2.84. The molecular formula is C29H28ClN3O6S. The highest BCUT2D eigenvalue weighted by Crippen LogP contribution is 2.33. The number of piperidine rings is 1. The third-order valence-corrected chi connectivity index (χ3v) is 9.18. The molecule has 11 heteroatoms. The van der Waals surface area contributed by atoms with Gasteiger partial charge in [-0.2, -0.15) is 9.29 Å². The maximum Gasteiger partial charge on any atom is 0.439 e. The van der Waals surface area contributed by atoms with Crippen LogP contribution in [0.2, 0.25) is 5.02 Å². The number of ether oxygens (including phenoxy) is 1. The first-order chi connectivity index (χ1) is 19.2. The summed E-state index contributed by atoms with van der Waals surface area (Å²) in [7, 11) is -3.57. The summed E-state index contributed by atoms with van der Waals surface area (Å²) in [6, 6.07) is 19.5. The van der Waals surface area contributed by atoms with Crippen molar-refractivity contribution in [2.24, 2.45) is 0 Å². The van der Waals surface area contributed by atoms with Crippen molar-refractivity contribution in [1.82, 2.24) is 9.29 Å². The van der Waals surface area contributed by atoms with Crippen LogP contribution in [0.15, 0.2) is 87.1 Å². The van der Waals surface area contributed by atoms with Gasteiger partial charge < -0.3 is 14.1 Å². The number of ketones is 1. The van der Waals surface area contributed by atoms with Gasteiger partial charge in [0.25, 0.3) is 0 Å². The number of halogens is 1. The molecule has 40 heavy (non-hydrogen) atoms. The van der Waals surface area contributed by atoms with Crippen LogP contribution < -0.4 is 10.7 Å². The average Bonchev–Trinajstić information content (AvgIpc) is 2.97. The summed E-state index contributed by atoms with van der Waals surface area (Å²) in [5.74, 6) is -0.635. The number of benzene rings is 3. The Morgan fingerprint density at radius 2 is 1.75 bits per heavy atom. The first-order valence-electron chi connectivity index (χ1n) is 12.8. The molecule has 1 aromatic heterocycles. The Hall–Kier alpha value is -3.57. The molecule has 0 radical (unpaired) electrons. The Morgan fingerprint density at radius 1 is 1.02 bits per heavy atom. The number of aromatic nitrogens is 1. The Labute approximate surface area is 237 Å². The topological polar surface area (TPSA) is 110 Å². The van der Waals surface area contributed by atoms with Gasteiger partial charge in [-0.05, 0) is 62.2 Å². The van der Waals surface area contributed by atoms with E-state index in [1.165, 1.54) is 29.6 Å². The average molecular weight is 582 g/mol. The maximum absolute atomic E-state index is 13.0. The van der Waals surface area contributed by atoms with Gasteiger partial charge >= 0.3 is 5.76 Å². The summed E-state index contributed by atoms with van der Waals surface area (Å²) in [5.41, 5.74) is 3.35. The van der Waals surface area contributed by atoms with Crippen LogP contribution in [0.3, 0.4) is 0 Å². The second kappa shape index (κ2) is 11.9. The van der Waals surface area contributed by atoms with E-state index >= 15 is 0 Å². The van der Waals surface area contributed by atoms with Crippen LogP contribution in [-0.4, -0.2) is 49.4 Å². The third-order valence-electron chi connectivity index (χ3n) is 7.04. The van der Waals surface area contributed by atoms with Gasteiger partial charge in [0, 0.05) is 46.4 Å². The molecule has 0 bridgehead atoms. The minimum atomic E-state index is -3.57. The van der Waals surface area contributed by atoms with Crippen LogP contribution in [0.1, 0.15) is 35.7 Å². The first kappa shape index (κ1) is 28.0. The minimum Gasteiger partial charge on any atom is -0.416 e. The number of Topliss-reactive ketones (excluding diaryl/α,β-unsaturated/α-hetero) is 1. The van der Waals surface area contributed by atoms with E-state index in [-0.39, 0.29) is 16.7 Å². The van der Waals surface area contributed by atoms with Crippen molar-refractivity contribution in [3.05, 3.63) is 99.7 Å². The number of rotatable bonds is 4. The van der Waals surface area contributed by atoms with E-state index in [1.807, 2.05) is 36.4 Å². The zero-order valence-electron chi connectivity index (χ0n) is 21.8. The molecule has 4 aromatic rings. The van der Waals surface area contributed by atoms with Crippen LogP contribution in [0.5, 0.6) is 0 Å². The van der Waals surface area contributed by atoms with Gasteiger partial charge in [0.1, 0.15) is 13.0 Å². The highest BCUT2D eigenvalue weighted by molar-refractivity contribution is 7.89. The van der Waals surface area contributed by atoms with E-state index in [2.05, 4.69) is 14.3 Å². The lowest BCUT2D eigenvalue weighted by atomic mass is 10.0. The van der Waals surface area contributed by atoms with Crippen molar-refractivity contribution in [1.29, 1.82) is 0 Å². The predicted octanol–water partition coefficient (Wildman–Crippen LogP) is 4.88. The lowest BCUT2D eigenvalue weighted by Crippen LogP contribution is -2.48. The van der Waals surface area contributed by atoms with E-state index in [0.717, 1.165) is 29.5 Å². The number of hydrogen-bond donors (Lipinski definition) is 0. The zero-order chi connectivity index (χ0) is 28.3.